The highest BCUT2D eigenvalue weighted by Crippen LogP contribution is 2.23. The summed E-state index contributed by atoms with van der Waals surface area (Å²) in [7, 11) is 1.59. The van der Waals surface area contributed by atoms with Crippen LogP contribution >= 0.6 is 0 Å². The number of hydrogen-bond acceptors (Lipinski definition) is 4. The number of likely N-dealkylation sites (N-methyl/N-ethyl adjacent to an activating group) is 1. The molecule has 0 radical (unpaired) electrons. The highest BCUT2D eigenvalue weighted by Gasteiger charge is 2.14. The summed E-state index contributed by atoms with van der Waals surface area (Å²) in [5.74, 6) is -0.156. The standard InChI is InChI=1S/C12H19N3O2/c1-3-15(6-7-16)11-8-9(13)4-5-10(11)12(17)14-2/h4-5,8,16H,3,6-7,13H2,1-2H3,(H,14,17). The number of rotatable bonds is 5. The molecule has 0 aliphatic heterocycles. The lowest BCUT2D eigenvalue weighted by atomic mass is 10.1. The van der Waals surface area contributed by atoms with E-state index < -0.39 is 0 Å². The fourth-order valence-corrected chi connectivity index (χ4v) is 1.71. The zero-order chi connectivity index (χ0) is 12.8. The molecule has 0 aliphatic rings. The molecule has 17 heavy (non-hydrogen) atoms. The van der Waals surface area contributed by atoms with E-state index in [1.54, 1.807) is 25.2 Å². The molecule has 1 aromatic rings. The van der Waals surface area contributed by atoms with Gasteiger partial charge in [-0.2, -0.15) is 0 Å². The van der Waals surface area contributed by atoms with Crippen LogP contribution in [-0.4, -0.2) is 37.8 Å². The number of aliphatic hydroxyl groups excluding tert-OH is 1. The van der Waals surface area contributed by atoms with E-state index >= 15 is 0 Å². The first-order valence-corrected chi connectivity index (χ1v) is 5.61. The number of aliphatic hydroxyl groups is 1. The largest absolute Gasteiger partial charge is 0.399 e. The van der Waals surface area contributed by atoms with Crippen LogP contribution in [0.2, 0.25) is 0 Å². The van der Waals surface area contributed by atoms with Gasteiger partial charge in [0.15, 0.2) is 0 Å². The number of amides is 1. The Labute approximate surface area is 101 Å². The minimum Gasteiger partial charge on any atom is -0.399 e. The van der Waals surface area contributed by atoms with Crippen molar-refractivity contribution in [2.45, 2.75) is 6.92 Å². The van der Waals surface area contributed by atoms with Crippen molar-refractivity contribution in [2.75, 3.05) is 37.4 Å². The first-order valence-electron chi connectivity index (χ1n) is 5.61. The van der Waals surface area contributed by atoms with Gasteiger partial charge in [-0.25, -0.2) is 0 Å². The third-order valence-electron chi connectivity index (χ3n) is 2.59. The number of nitrogen functional groups attached to an aromatic ring is 1. The lowest BCUT2D eigenvalue weighted by Gasteiger charge is -2.24. The molecule has 0 saturated carbocycles. The highest BCUT2D eigenvalue weighted by molar-refractivity contribution is 6.00. The lowest BCUT2D eigenvalue weighted by molar-refractivity contribution is 0.0963. The summed E-state index contributed by atoms with van der Waals surface area (Å²) in [4.78, 5) is 13.6. The van der Waals surface area contributed by atoms with Crippen molar-refractivity contribution in [3.63, 3.8) is 0 Å². The number of hydrogen-bond donors (Lipinski definition) is 3. The molecule has 94 valence electrons. The van der Waals surface area contributed by atoms with Crippen LogP contribution < -0.4 is 16.0 Å². The molecule has 5 nitrogen and oxygen atoms in total. The minimum absolute atomic E-state index is 0.0375. The van der Waals surface area contributed by atoms with Gasteiger partial charge < -0.3 is 21.1 Å². The number of nitrogens with two attached hydrogens (primary N) is 1. The van der Waals surface area contributed by atoms with Gasteiger partial charge in [0.05, 0.1) is 17.9 Å². The third kappa shape index (κ3) is 3.10. The van der Waals surface area contributed by atoms with Crippen molar-refractivity contribution in [3.8, 4) is 0 Å². The second kappa shape index (κ2) is 6.10. The van der Waals surface area contributed by atoms with Gasteiger partial charge in [0, 0.05) is 25.8 Å². The molecule has 0 atom stereocenters. The van der Waals surface area contributed by atoms with E-state index in [2.05, 4.69) is 5.32 Å². The number of benzene rings is 1. The average Bonchev–Trinajstić information content (AvgIpc) is 2.35. The van der Waals surface area contributed by atoms with Crippen LogP contribution in [-0.2, 0) is 0 Å². The molecule has 0 aromatic heterocycles. The Balaban J connectivity index is 3.17. The van der Waals surface area contributed by atoms with Gasteiger partial charge in [0.1, 0.15) is 0 Å². The molecule has 1 rings (SSSR count). The minimum atomic E-state index is -0.156. The van der Waals surface area contributed by atoms with Crippen LogP contribution in [0.15, 0.2) is 18.2 Å². The number of nitrogens with zero attached hydrogens (tertiary/aromatic N) is 1. The van der Waals surface area contributed by atoms with Crippen molar-refractivity contribution in [2.24, 2.45) is 0 Å². The summed E-state index contributed by atoms with van der Waals surface area (Å²) < 4.78 is 0. The molecule has 4 N–H and O–H groups in total. The highest BCUT2D eigenvalue weighted by atomic mass is 16.3. The quantitative estimate of drug-likeness (QED) is 0.650. The van der Waals surface area contributed by atoms with Crippen molar-refractivity contribution >= 4 is 17.3 Å². The summed E-state index contributed by atoms with van der Waals surface area (Å²) >= 11 is 0. The van der Waals surface area contributed by atoms with Gasteiger partial charge in [0.25, 0.3) is 5.91 Å². The molecular weight excluding hydrogens is 218 g/mol. The second-order valence-electron chi connectivity index (χ2n) is 3.66. The van der Waals surface area contributed by atoms with Gasteiger partial charge in [-0.3, -0.25) is 4.79 Å². The number of carbonyl (C=O) groups excluding carboxylic acids is 1. The van der Waals surface area contributed by atoms with Crippen molar-refractivity contribution in [1.29, 1.82) is 0 Å². The molecule has 5 heteroatoms. The van der Waals surface area contributed by atoms with Crippen LogP contribution in [0, 0.1) is 0 Å². The lowest BCUT2D eigenvalue weighted by Crippen LogP contribution is -2.29. The van der Waals surface area contributed by atoms with Crippen LogP contribution in [0.25, 0.3) is 0 Å². The summed E-state index contributed by atoms with van der Waals surface area (Å²) in [5.41, 5.74) is 7.66. The van der Waals surface area contributed by atoms with Gasteiger partial charge in [-0.1, -0.05) is 0 Å². The Morgan fingerprint density at radius 1 is 1.53 bits per heavy atom. The smallest absolute Gasteiger partial charge is 0.253 e. The maximum Gasteiger partial charge on any atom is 0.253 e. The number of anilines is 2. The molecule has 1 amide bonds. The molecule has 0 unspecified atom stereocenters. The molecule has 0 bridgehead atoms. The monoisotopic (exact) mass is 237 g/mol. The predicted octanol–water partition coefficient (Wildman–Crippen LogP) is 0.447. The topological polar surface area (TPSA) is 78.6 Å². The van der Waals surface area contributed by atoms with E-state index in [4.69, 9.17) is 10.8 Å². The Kier molecular flexibility index (Phi) is 4.78. The molecule has 0 fully saturated rings. The zero-order valence-corrected chi connectivity index (χ0v) is 10.2. The maximum absolute atomic E-state index is 11.7. The van der Waals surface area contributed by atoms with E-state index in [9.17, 15) is 4.79 Å². The average molecular weight is 237 g/mol. The Morgan fingerprint density at radius 3 is 2.76 bits per heavy atom. The van der Waals surface area contributed by atoms with E-state index in [1.165, 1.54) is 0 Å². The third-order valence-corrected chi connectivity index (χ3v) is 2.59. The zero-order valence-electron chi connectivity index (χ0n) is 10.2. The van der Waals surface area contributed by atoms with Gasteiger partial charge >= 0.3 is 0 Å². The Morgan fingerprint density at radius 2 is 2.24 bits per heavy atom. The van der Waals surface area contributed by atoms with E-state index in [0.717, 1.165) is 5.69 Å². The number of nitrogens with one attached hydrogen (secondary N) is 1. The van der Waals surface area contributed by atoms with E-state index in [0.29, 0.717) is 24.3 Å². The van der Waals surface area contributed by atoms with Crippen LogP contribution in [0.1, 0.15) is 17.3 Å². The van der Waals surface area contributed by atoms with Crippen LogP contribution in [0.5, 0.6) is 0 Å². The molecule has 0 spiro atoms. The normalized spacial score (nSPS) is 10.1. The Hall–Kier alpha value is -1.75. The molecule has 0 saturated heterocycles. The van der Waals surface area contributed by atoms with Crippen LogP contribution in [0.4, 0.5) is 11.4 Å². The second-order valence-corrected chi connectivity index (χ2v) is 3.66. The summed E-state index contributed by atoms with van der Waals surface area (Å²) in [6.45, 7) is 3.18. The summed E-state index contributed by atoms with van der Waals surface area (Å²) in [6.07, 6.45) is 0. The fourth-order valence-electron chi connectivity index (χ4n) is 1.71. The fraction of sp³-hybridized carbons (Fsp3) is 0.417. The summed E-state index contributed by atoms with van der Waals surface area (Å²) in [5, 5.41) is 11.6. The molecule has 1 aromatic carbocycles. The molecular formula is C12H19N3O2. The molecule has 0 heterocycles. The maximum atomic E-state index is 11.7. The first kappa shape index (κ1) is 13.3. The Bertz CT molecular complexity index is 393. The van der Waals surface area contributed by atoms with Gasteiger partial charge in [-0.15, -0.1) is 0 Å². The van der Waals surface area contributed by atoms with Crippen LogP contribution in [0.3, 0.4) is 0 Å². The van der Waals surface area contributed by atoms with Crippen molar-refractivity contribution in [1.82, 2.24) is 5.32 Å². The van der Waals surface area contributed by atoms with Crippen molar-refractivity contribution in [3.05, 3.63) is 23.8 Å². The SMILES string of the molecule is CCN(CCO)c1cc(N)ccc1C(=O)NC. The first-order chi connectivity index (χ1) is 8.13. The van der Waals surface area contributed by atoms with Crippen molar-refractivity contribution < 1.29 is 9.90 Å². The van der Waals surface area contributed by atoms with Gasteiger partial charge in [0.2, 0.25) is 0 Å². The number of carbonyl (C=O) groups is 1. The molecule has 0 aliphatic carbocycles. The van der Waals surface area contributed by atoms with Gasteiger partial charge in [-0.05, 0) is 25.1 Å². The summed E-state index contributed by atoms with van der Waals surface area (Å²) in [6, 6.07) is 5.15. The van der Waals surface area contributed by atoms with E-state index in [1.807, 2.05) is 11.8 Å². The predicted molar refractivity (Wildman–Crippen MR) is 69.2 cm³/mol. The van der Waals surface area contributed by atoms with E-state index in [-0.39, 0.29) is 12.5 Å².